The summed E-state index contributed by atoms with van der Waals surface area (Å²) in [5.74, 6) is 0. The third kappa shape index (κ3) is 2.67. The normalized spacial score (nSPS) is 29.3. The van der Waals surface area contributed by atoms with Gasteiger partial charge in [-0.1, -0.05) is 18.2 Å². The van der Waals surface area contributed by atoms with Crippen LogP contribution in [0.1, 0.15) is 31.1 Å². The van der Waals surface area contributed by atoms with Gasteiger partial charge in [-0.3, -0.25) is 0 Å². The maximum Gasteiger partial charge on any atom is 0.416 e. The molecule has 0 aliphatic carbocycles. The molecule has 0 spiro atoms. The molecule has 1 fully saturated rings. The zero-order valence-corrected chi connectivity index (χ0v) is 10.3. The standard InChI is InChI=1S/C13H16F3NO/c1-8-9(2)18-12(7-17-8)10-5-3-4-6-11(10)13(14,15)16/h3-6,8-9,12,17H,7H2,1-2H3. The van der Waals surface area contributed by atoms with E-state index in [1.54, 1.807) is 6.07 Å². The average Bonchev–Trinajstić information content (AvgIpc) is 2.32. The Balaban J connectivity index is 2.29. The van der Waals surface area contributed by atoms with Gasteiger partial charge in [-0.15, -0.1) is 0 Å². The van der Waals surface area contributed by atoms with Gasteiger partial charge in [0, 0.05) is 12.6 Å². The smallest absolute Gasteiger partial charge is 0.368 e. The van der Waals surface area contributed by atoms with E-state index in [2.05, 4.69) is 5.32 Å². The number of halogens is 3. The van der Waals surface area contributed by atoms with E-state index >= 15 is 0 Å². The first-order valence-corrected chi connectivity index (χ1v) is 5.94. The van der Waals surface area contributed by atoms with E-state index in [1.165, 1.54) is 12.1 Å². The number of rotatable bonds is 1. The predicted molar refractivity (Wildman–Crippen MR) is 62.2 cm³/mol. The fourth-order valence-electron chi connectivity index (χ4n) is 2.10. The first kappa shape index (κ1) is 13.4. The average molecular weight is 259 g/mol. The summed E-state index contributed by atoms with van der Waals surface area (Å²) in [5, 5.41) is 3.17. The van der Waals surface area contributed by atoms with E-state index in [1.807, 2.05) is 13.8 Å². The minimum absolute atomic E-state index is 0.106. The van der Waals surface area contributed by atoms with Gasteiger partial charge < -0.3 is 10.1 Å². The highest BCUT2D eigenvalue weighted by atomic mass is 19.4. The summed E-state index contributed by atoms with van der Waals surface area (Å²) in [6.45, 7) is 4.22. The Bertz CT molecular complexity index is 419. The van der Waals surface area contributed by atoms with Crippen molar-refractivity contribution in [2.75, 3.05) is 6.54 Å². The summed E-state index contributed by atoms with van der Waals surface area (Å²) in [6.07, 6.45) is -4.99. The second-order valence-corrected chi connectivity index (χ2v) is 4.61. The van der Waals surface area contributed by atoms with Crippen molar-refractivity contribution in [3.63, 3.8) is 0 Å². The topological polar surface area (TPSA) is 21.3 Å². The van der Waals surface area contributed by atoms with Gasteiger partial charge in [0.2, 0.25) is 0 Å². The molecular formula is C13H16F3NO. The van der Waals surface area contributed by atoms with Gasteiger partial charge in [-0.05, 0) is 25.5 Å². The monoisotopic (exact) mass is 259 g/mol. The van der Waals surface area contributed by atoms with Gasteiger partial charge in [-0.2, -0.15) is 13.2 Å². The Morgan fingerprint density at radius 3 is 2.50 bits per heavy atom. The molecule has 0 aromatic heterocycles. The maximum absolute atomic E-state index is 12.9. The summed E-state index contributed by atoms with van der Waals surface area (Å²) in [4.78, 5) is 0. The molecular weight excluding hydrogens is 243 g/mol. The number of morpholine rings is 1. The fraction of sp³-hybridized carbons (Fsp3) is 0.538. The molecule has 1 aliphatic rings. The van der Waals surface area contributed by atoms with E-state index in [-0.39, 0.29) is 17.7 Å². The molecule has 0 saturated carbocycles. The van der Waals surface area contributed by atoms with Crippen molar-refractivity contribution >= 4 is 0 Å². The molecule has 0 radical (unpaired) electrons. The Kier molecular flexibility index (Phi) is 3.64. The van der Waals surface area contributed by atoms with Gasteiger partial charge in [0.05, 0.1) is 17.8 Å². The molecule has 1 N–H and O–H groups in total. The highest BCUT2D eigenvalue weighted by Gasteiger charge is 2.36. The van der Waals surface area contributed by atoms with Crippen LogP contribution in [0, 0.1) is 0 Å². The molecule has 3 unspecified atom stereocenters. The molecule has 18 heavy (non-hydrogen) atoms. The fourth-order valence-corrected chi connectivity index (χ4v) is 2.10. The molecule has 0 bridgehead atoms. The lowest BCUT2D eigenvalue weighted by Crippen LogP contribution is -2.46. The van der Waals surface area contributed by atoms with E-state index < -0.39 is 17.8 Å². The first-order valence-electron chi connectivity index (χ1n) is 5.94. The summed E-state index contributed by atoms with van der Waals surface area (Å²) in [7, 11) is 0. The number of hydrogen-bond donors (Lipinski definition) is 1. The van der Waals surface area contributed by atoms with Crippen LogP contribution in [0.2, 0.25) is 0 Å². The van der Waals surface area contributed by atoms with Crippen LogP contribution in [-0.4, -0.2) is 18.7 Å². The van der Waals surface area contributed by atoms with E-state index in [0.29, 0.717) is 6.54 Å². The molecule has 100 valence electrons. The van der Waals surface area contributed by atoms with Gasteiger partial charge in [-0.25, -0.2) is 0 Å². The van der Waals surface area contributed by atoms with Crippen molar-refractivity contribution in [2.24, 2.45) is 0 Å². The van der Waals surface area contributed by atoms with Crippen LogP contribution in [0.15, 0.2) is 24.3 Å². The lowest BCUT2D eigenvalue weighted by Gasteiger charge is -2.35. The van der Waals surface area contributed by atoms with Gasteiger partial charge in [0.25, 0.3) is 0 Å². The van der Waals surface area contributed by atoms with E-state index in [9.17, 15) is 13.2 Å². The van der Waals surface area contributed by atoms with Crippen LogP contribution in [-0.2, 0) is 10.9 Å². The molecule has 0 amide bonds. The largest absolute Gasteiger partial charge is 0.416 e. The summed E-state index contributed by atoms with van der Waals surface area (Å²) in [6, 6.07) is 5.74. The third-order valence-electron chi connectivity index (χ3n) is 3.32. The molecule has 5 heteroatoms. The second-order valence-electron chi connectivity index (χ2n) is 4.61. The number of nitrogens with one attached hydrogen (secondary N) is 1. The van der Waals surface area contributed by atoms with Crippen LogP contribution in [0.5, 0.6) is 0 Å². The first-order chi connectivity index (χ1) is 8.39. The Hall–Kier alpha value is -1.07. The summed E-state index contributed by atoms with van der Waals surface area (Å²) < 4.78 is 44.4. The maximum atomic E-state index is 12.9. The van der Waals surface area contributed by atoms with Gasteiger partial charge in [0.1, 0.15) is 0 Å². The number of ether oxygens (including phenoxy) is 1. The minimum atomic E-state index is -4.34. The third-order valence-corrected chi connectivity index (χ3v) is 3.32. The van der Waals surface area contributed by atoms with E-state index in [0.717, 1.165) is 6.07 Å². The molecule has 1 aromatic carbocycles. The zero-order chi connectivity index (χ0) is 13.3. The highest BCUT2D eigenvalue weighted by Crippen LogP contribution is 2.36. The van der Waals surface area contributed by atoms with Crippen molar-refractivity contribution in [2.45, 2.75) is 38.3 Å². The Labute approximate surface area is 104 Å². The lowest BCUT2D eigenvalue weighted by atomic mass is 9.99. The second kappa shape index (κ2) is 4.90. The van der Waals surface area contributed by atoms with Crippen molar-refractivity contribution in [1.29, 1.82) is 0 Å². The minimum Gasteiger partial charge on any atom is -0.368 e. The summed E-state index contributed by atoms with van der Waals surface area (Å²) in [5.41, 5.74) is -0.408. The van der Waals surface area contributed by atoms with Crippen molar-refractivity contribution in [3.05, 3.63) is 35.4 Å². The molecule has 1 heterocycles. The Morgan fingerprint density at radius 2 is 1.89 bits per heavy atom. The van der Waals surface area contributed by atoms with Gasteiger partial charge in [0.15, 0.2) is 0 Å². The van der Waals surface area contributed by atoms with Crippen molar-refractivity contribution in [3.8, 4) is 0 Å². The predicted octanol–water partition coefficient (Wildman–Crippen LogP) is 3.14. The SMILES string of the molecule is CC1NCC(c2ccccc2C(F)(F)F)OC1C. The van der Waals surface area contributed by atoms with E-state index in [4.69, 9.17) is 4.74 Å². The lowest BCUT2D eigenvalue weighted by molar-refractivity contribution is -0.141. The number of benzene rings is 1. The molecule has 1 saturated heterocycles. The molecule has 2 rings (SSSR count). The van der Waals surface area contributed by atoms with Crippen molar-refractivity contribution < 1.29 is 17.9 Å². The molecule has 1 aromatic rings. The van der Waals surface area contributed by atoms with Crippen LogP contribution >= 0.6 is 0 Å². The quantitative estimate of drug-likeness (QED) is 0.836. The number of alkyl halides is 3. The Morgan fingerprint density at radius 1 is 1.22 bits per heavy atom. The van der Waals surface area contributed by atoms with Crippen LogP contribution in [0.25, 0.3) is 0 Å². The van der Waals surface area contributed by atoms with Crippen LogP contribution < -0.4 is 5.32 Å². The molecule has 1 aliphatic heterocycles. The van der Waals surface area contributed by atoms with Crippen LogP contribution in [0.3, 0.4) is 0 Å². The molecule has 3 atom stereocenters. The molecule has 2 nitrogen and oxygen atoms in total. The van der Waals surface area contributed by atoms with Crippen LogP contribution in [0.4, 0.5) is 13.2 Å². The summed E-state index contributed by atoms with van der Waals surface area (Å²) >= 11 is 0. The number of hydrogen-bond acceptors (Lipinski definition) is 2. The van der Waals surface area contributed by atoms with Crippen molar-refractivity contribution in [1.82, 2.24) is 5.32 Å². The highest BCUT2D eigenvalue weighted by molar-refractivity contribution is 5.32. The van der Waals surface area contributed by atoms with Gasteiger partial charge >= 0.3 is 6.18 Å². The zero-order valence-electron chi connectivity index (χ0n) is 10.3.